The minimum absolute atomic E-state index is 0.200. The number of hydrogen-bond donors (Lipinski definition) is 1. The predicted molar refractivity (Wildman–Crippen MR) is 159 cm³/mol. The van der Waals surface area contributed by atoms with E-state index in [1.54, 1.807) is 28.1 Å². The summed E-state index contributed by atoms with van der Waals surface area (Å²) in [7, 11) is 0. The first-order chi connectivity index (χ1) is 20.2. The van der Waals surface area contributed by atoms with E-state index in [2.05, 4.69) is 20.2 Å². The standard InChI is InChI=1S/C15H20N4O2.C9H18N2O2.C6H3FN2/c1-15(2,3)21-14(20)19-8-6-18(7-9-19)13-5-4-12(10-16)17-11-13;1-9(2,3)13-8(12)11-6-4-10-5-7-11;7-5-1-2-6(3-8)9-4-5/h4-5,11H,6-9H2,1-3H3;10H,4-7H2,1-3H3;1-2,4H. The molecule has 0 unspecified atom stereocenters. The molecular formula is C30H41FN8O4. The van der Waals surface area contributed by atoms with Gasteiger partial charge in [0, 0.05) is 52.4 Å². The van der Waals surface area contributed by atoms with Gasteiger partial charge in [-0.2, -0.15) is 10.5 Å². The number of aromatic nitrogens is 2. The van der Waals surface area contributed by atoms with Gasteiger partial charge in [0.1, 0.15) is 40.5 Å². The minimum Gasteiger partial charge on any atom is -0.444 e. The summed E-state index contributed by atoms with van der Waals surface area (Å²) in [6.07, 6.45) is 2.24. The molecule has 0 aromatic carbocycles. The van der Waals surface area contributed by atoms with Gasteiger partial charge >= 0.3 is 12.2 Å². The molecule has 4 heterocycles. The second-order valence-corrected chi connectivity index (χ2v) is 11.7. The molecule has 13 heteroatoms. The monoisotopic (exact) mass is 596 g/mol. The van der Waals surface area contributed by atoms with Gasteiger partial charge < -0.3 is 29.5 Å². The van der Waals surface area contributed by atoms with Crippen LogP contribution < -0.4 is 10.2 Å². The molecule has 2 saturated heterocycles. The first kappa shape index (κ1) is 34.7. The average molecular weight is 597 g/mol. The van der Waals surface area contributed by atoms with Gasteiger partial charge in [0.05, 0.1) is 18.1 Å². The molecule has 232 valence electrons. The number of anilines is 1. The van der Waals surface area contributed by atoms with Gasteiger partial charge in [-0.25, -0.2) is 23.9 Å². The van der Waals surface area contributed by atoms with Crippen LogP contribution in [0.1, 0.15) is 52.9 Å². The van der Waals surface area contributed by atoms with E-state index in [0.717, 1.165) is 51.2 Å². The summed E-state index contributed by atoms with van der Waals surface area (Å²) >= 11 is 0. The predicted octanol–water partition coefficient (Wildman–Crippen LogP) is 3.93. The van der Waals surface area contributed by atoms with Crippen molar-refractivity contribution in [3.05, 3.63) is 53.9 Å². The van der Waals surface area contributed by atoms with Gasteiger partial charge in [0.2, 0.25) is 0 Å². The number of nitrogens with one attached hydrogen (secondary N) is 1. The van der Waals surface area contributed by atoms with Crippen LogP contribution in [0, 0.1) is 28.5 Å². The van der Waals surface area contributed by atoms with Crippen molar-refractivity contribution in [3.8, 4) is 12.1 Å². The maximum atomic E-state index is 12.1. The van der Waals surface area contributed by atoms with Crippen molar-refractivity contribution in [2.24, 2.45) is 0 Å². The fourth-order valence-corrected chi connectivity index (χ4v) is 3.73. The molecule has 2 amide bonds. The molecular weight excluding hydrogens is 555 g/mol. The van der Waals surface area contributed by atoms with E-state index in [1.165, 1.54) is 12.1 Å². The van der Waals surface area contributed by atoms with Gasteiger partial charge in [-0.1, -0.05) is 0 Å². The number of halogens is 1. The molecule has 0 saturated carbocycles. The molecule has 0 atom stereocenters. The van der Waals surface area contributed by atoms with Crippen LogP contribution in [0.3, 0.4) is 0 Å². The Labute approximate surface area is 253 Å². The van der Waals surface area contributed by atoms with E-state index in [1.807, 2.05) is 53.7 Å². The van der Waals surface area contributed by atoms with Crippen LogP contribution in [0.5, 0.6) is 0 Å². The smallest absolute Gasteiger partial charge is 0.410 e. The summed E-state index contributed by atoms with van der Waals surface area (Å²) < 4.78 is 22.7. The molecule has 2 fully saturated rings. The van der Waals surface area contributed by atoms with Gasteiger partial charge in [-0.05, 0) is 65.8 Å². The van der Waals surface area contributed by atoms with Gasteiger partial charge in [-0.3, -0.25) is 0 Å². The van der Waals surface area contributed by atoms with Crippen molar-refractivity contribution in [1.82, 2.24) is 25.1 Å². The summed E-state index contributed by atoms with van der Waals surface area (Å²) in [5.41, 5.74) is 0.758. The minimum atomic E-state index is -0.467. The van der Waals surface area contributed by atoms with E-state index in [4.69, 9.17) is 20.0 Å². The second-order valence-electron chi connectivity index (χ2n) is 11.7. The Morgan fingerprint density at radius 2 is 1.23 bits per heavy atom. The number of rotatable bonds is 1. The highest BCUT2D eigenvalue weighted by Gasteiger charge is 2.26. The number of nitrogens with zero attached hydrogens (tertiary/aromatic N) is 7. The number of carbonyl (C=O) groups is 2. The molecule has 4 rings (SSSR count). The van der Waals surface area contributed by atoms with Crippen LogP contribution in [0.4, 0.5) is 19.7 Å². The number of amides is 2. The van der Waals surface area contributed by atoms with E-state index in [9.17, 15) is 14.0 Å². The number of nitriles is 2. The maximum absolute atomic E-state index is 12.1. The van der Waals surface area contributed by atoms with Crippen LogP contribution in [0.2, 0.25) is 0 Å². The van der Waals surface area contributed by atoms with Crippen molar-refractivity contribution in [2.45, 2.75) is 52.7 Å². The third kappa shape index (κ3) is 13.4. The molecule has 1 N–H and O–H groups in total. The number of hydrogen-bond acceptors (Lipinski definition) is 10. The molecule has 2 aromatic heterocycles. The molecule has 0 aliphatic carbocycles. The SMILES string of the molecule is CC(C)(C)OC(=O)N1CCN(c2ccc(C#N)nc2)CC1.CC(C)(C)OC(=O)N1CCNCC1.N#Cc1ccc(F)cn1. The summed E-state index contributed by atoms with van der Waals surface area (Å²) in [5, 5.41) is 20.1. The Bertz CT molecular complexity index is 1250. The lowest BCUT2D eigenvalue weighted by atomic mass is 10.2. The van der Waals surface area contributed by atoms with Crippen LogP contribution in [0.15, 0.2) is 36.7 Å². The van der Waals surface area contributed by atoms with E-state index in [-0.39, 0.29) is 23.5 Å². The van der Waals surface area contributed by atoms with Crippen molar-refractivity contribution in [3.63, 3.8) is 0 Å². The molecule has 2 aromatic rings. The van der Waals surface area contributed by atoms with Crippen LogP contribution in [-0.4, -0.2) is 95.5 Å². The summed E-state index contributed by atoms with van der Waals surface area (Å²) in [6, 6.07) is 9.89. The van der Waals surface area contributed by atoms with Crippen LogP contribution in [-0.2, 0) is 9.47 Å². The molecule has 12 nitrogen and oxygen atoms in total. The molecule has 0 bridgehead atoms. The number of pyridine rings is 2. The first-order valence-electron chi connectivity index (χ1n) is 14.0. The molecule has 2 aliphatic heterocycles. The first-order valence-corrected chi connectivity index (χ1v) is 14.0. The Hall–Kier alpha value is -4.49. The third-order valence-electron chi connectivity index (χ3n) is 5.77. The Balaban J connectivity index is 0.000000249. The zero-order chi connectivity index (χ0) is 32.0. The Kier molecular flexibility index (Phi) is 13.1. The highest BCUT2D eigenvalue weighted by atomic mass is 19.1. The largest absolute Gasteiger partial charge is 0.444 e. The van der Waals surface area contributed by atoms with Crippen LogP contribution in [0.25, 0.3) is 0 Å². The van der Waals surface area contributed by atoms with Crippen molar-refractivity contribution >= 4 is 17.9 Å². The summed E-state index contributed by atoms with van der Waals surface area (Å²) in [6.45, 7) is 17.1. The zero-order valence-corrected chi connectivity index (χ0v) is 25.8. The van der Waals surface area contributed by atoms with Crippen LogP contribution >= 0.6 is 0 Å². The zero-order valence-electron chi connectivity index (χ0n) is 25.8. The molecule has 0 spiro atoms. The average Bonchev–Trinajstić information content (AvgIpc) is 2.97. The Morgan fingerprint density at radius 1 is 0.767 bits per heavy atom. The van der Waals surface area contributed by atoms with Gasteiger partial charge in [0.25, 0.3) is 0 Å². The van der Waals surface area contributed by atoms with E-state index >= 15 is 0 Å². The highest BCUT2D eigenvalue weighted by molar-refractivity contribution is 5.69. The lowest BCUT2D eigenvalue weighted by Gasteiger charge is -2.36. The van der Waals surface area contributed by atoms with Crippen molar-refractivity contribution in [1.29, 1.82) is 10.5 Å². The summed E-state index contributed by atoms with van der Waals surface area (Å²) in [4.78, 5) is 36.6. The van der Waals surface area contributed by atoms with Crippen molar-refractivity contribution in [2.75, 3.05) is 57.3 Å². The maximum Gasteiger partial charge on any atom is 0.410 e. The van der Waals surface area contributed by atoms with Gasteiger partial charge in [-0.15, -0.1) is 0 Å². The normalized spacial score (nSPS) is 15.0. The lowest BCUT2D eigenvalue weighted by molar-refractivity contribution is 0.0223. The third-order valence-corrected chi connectivity index (χ3v) is 5.77. The molecule has 0 radical (unpaired) electrons. The quantitative estimate of drug-likeness (QED) is 0.513. The van der Waals surface area contributed by atoms with Crippen molar-refractivity contribution < 1.29 is 23.5 Å². The fraction of sp³-hybridized carbons (Fsp3) is 0.533. The fourth-order valence-electron chi connectivity index (χ4n) is 3.73. The second kappa shape index (κ2) is 16.2. The number of ether oxygens (including phenoxy) is 2. The van der Waals surface area contributed by atoms with Gasteiger partial charge in [0.15, 0.2) is 0 Å². The molecule has 43 heavy (non-hydrogen) atoms. The topological polar surface area (TPSA) is 148 Å². The number of carbonyl (C=O) groups excluding carboxylic acids is 2. The Morgan fingerprint density at radius 3 is 1.63 bits per heavy atom. The lowest BCUT2D eigenvalue weighted by Crippen LogP contribution is -2.50. The van der Waals surface area contributed by atoms with E-state index < -0.39 is 11.4 Å². The van der Waals surface area contributed by atoms with E-state index in [0.29, 0.717) is 18.8 Å². The number of piperazine rings is 2. The highest BCUT2D eigenvalue weighted by Crippen LogP contribution is 2.17. The summed E-state index contributed by atoms with van der Waals surface area (Å²) in [5.74, 6) is -0.422. The molecule has 2 aliphatic rings.